The fraction of sp³-hybridized carbons (Fsp3) is 0.188. The van der Waals surface area contributed by atoms with Gasteiger partial charge in [0.1, 0.15) is 5.75 Å². The van der Waals surface area contributed by atoms with E-state index in [2.05, 4.69) is 6.07 Å². The maximum atomic E-state index is 12.8. The van der Waals surface area contributed by atoms with Crippen LogP contribution < -0.4 is 9.47 Å². The van der Waals surface area contributed by atoms with E-state index in [9.17, 15) is 4.79 Å². The number of aryl methyl sites for hydroxylation is 1. The van der Waals surface area contributed by atoms with E-state index in [0.29, 0.717) is 26.2 Å². The first-order valence-electron chi connectivity index (χ1n) is 6.51. The molecule has 0 aliphatic heterocycles. The molecule has 0 saturated heterocycles. The predicted molar refractivity (Wildman–Crippen MR) is 87.7 cm³/mol. The molecule has 2 heterocycles. The third-order valence-electron chi connectivity index (χ3n) is 3.36. The van der Waals surface area contributed by atoms with Crippen molar-refractivity contribution in [3.05, 3.63) is 45.9 Å². The normalized spacial score (nSPS) is 10.9. The molecule has 1 radical (unpaired) electrons. The lowest BCUT2D eigenvalue weighted by atomic mass is 10.2. The first-order chi connectivity index (χ1) is 10.5. The van der Waals surface area contributed by atoms with Crippen LogP contribution in [0.1, 0.15) is 15.4 Å². The number of nitrogens with zero attached hydrogens (tertiary/aromatic N) is 1. The Balaban J connectivity index is 2.15. The van der Waals surface area contributed by atoms with Crippen LogP contribution >= 0.6 is 22.9 Å². The molecule has 0 amide bonds. The SMILES string of the molecule is COc1ccc(C(=O)n2c(C)[c]c3cc(OC)c(Cl)cc32)s1. The van der Waals surface area contributed by atoms with E-state index < -0.39 is 0 Å². The van der Waals surface area contributed by atoms with Crippen LogP contribution in [0, 0.1) is 13.0 Å². The third-order valence-corrected chi connectivity index (χ3v) is 4.69. The summed E-state index contributed by atoms with van der Waals surface area (Å²) < 4.78 is 11.9. The van der Waals surface area contributed by atoms with Gasteiger partial charge in [0.15, 0.2) is 5.06 Å². The summed E-state index contributed by atoms with van der Waals surface area (Å²) in [5.74, 6) is 0.436. The molecule has 0 saturated carbocycles. The van der Waals surface area contributed by atoms with Crippen molar-refractivity contribution in [2.24, 2.45) is 0 Å². The Morgan fingerprint density at radius 2 is 2.05 bits per heavy atom. The lowest BCUT2D eigenvalue weighted by molar-refractivity contribution is 0.0967. The summed E-state index contributed by atoms with van der Waals surface area (Å²) in [6, 6.07) is 10.2. The van der Waals surface area contributed by atoms with Gasteiger partial charge in [0.05, 0.1) is 29.6 Å². The van der Waals surface area contributed by atoms with Crippen LogP contribution in [0.2, 0.25) is 5.02 Å². The van der Waals surface area contributed by atoms with E-state index in [-0.39, 0.29) is 5.91 Å². The van der Waals surface area contributed by atoms with Gasteiger partial charge in [-0.3, -0.25) is 9.36 Å². The highest BCUT2D eigenvalue weighted by Crippen LogP contribution is 2.33. The minimum atomic E-state index is -0.127. The highest BCUT2D eigenvalue weighted by atomic mass is 35.5. The largest absolute Gasteiger partial charge is 0.495 e. The van der Waals surface area contributed by atoms with Crippen LogP contribution in [-0.2, 0) is 0 Å². The van der Waals surface area contributed by atoms with E-state index in [0.717, 1.165) is 11.1 Å². The van der Waals surface area contributed by atoms with Crippen LogP contribution in [0.3, 0.4) is 0 Å². The zero-order chi connectivity index (χ0) is 15.9. The summed E-state index contributed by atoms with van der Waals surface area (Å²) in [6.07, 6.45) is 0. The van der Waals surface area contributed by atoms with Crippen LogP contribution in [0.15, 0.2) is 24.3 Å². The van der Waals surface area contributed by atoms with Gasteiger partial charge in [-0.25, -0.2) is 0 Å². The highest BCUT2D eigenvalue weighted by Gasteiger charge is 2.18. The van der Waals surface area contributed by atoms with Gasteiger partial charge in [-0.2, -0.15) is 0 Å². The molecule has 0 atom stereocenters. The van der Waals surface area contributed by atoms with E-state index >= 15 is 0 Å². The molecule has 0 spiro atoms. The molecule has 0 fully saturated rings. The summed E-state index contributed by atoms with van der Waals surface area (Å²) in [4.78, 5) is 13.4. The number of halogens is 1. The number of hydrogen-bond acceptors (Lipinski definition) is 4. The predicted octanol–water partition coefficient (Wildman–Crippen LogP) is 4.17. The Morgan fingerprint density at radius 3 is 2.68 bits per heavy atom. The summed E-state index contributed by atoms with van der Waals surface area (Å²) in [7, 11) is 3.14. The number of aromatic nitrogens is 1. The number of benzene rings is 1. The quantitative estimate of drug-likeness (QED) is 0.721. The number of carbonyl (C=O) groups excluding carboxylic acids is 1. The summed E-state index contributed by atoms with van der Waals surface area (Å²) in [5.41, 5.74) is 1.43. The van der Waals surface area contributed by atoms with Crippen LogP contribution in [-0.4, -0.2) is 24.7 Å². The molecule has 0 unspecified atom stereocenters. The van der Waals surface area contributed by atoms with Gasteiger partial charge < -0.3 is 9.47 Å². The lowest BCUT2D eigenvalue weighted by Crippen LogP contribution is -2.11. The van der Waals surface area contributed by atoms with Gasteiger partial charge in [0, 0.05) is 17.1 Å². The fourth-order valence-electron chi connectivity index (χ4n) is 2.33. The zero-order valence-corrected chi connectivity index (χ0v) is 13.8. The molecule has 0 aliphatic carbocycles. The monoisotopic (exact) mass is 334 g/mol. The van der Waals surface area contributed by atoms with Crippen molar-refractivity contribution in [1.29, 1.82) is 0 Å². The number of ether oxygens (including phenoxy) is 2. The molecule has 22 heavy (non-hydrogen) atoms. The molecule has 113 valence electrons. The van der Waals surface area contributed by atoms with Crippen LogP contribution in [0.25, 0.3) is 10.9 Å². The van der Waals surface area contributed by atoms with Crippen LogP contribution in [0.4, 0.5) is 0 Å². The van der Waals surface area contributed by atoms with Gasteiger partial charge >= 0.3 is 0 Å². The van der Waals surface area contributed by atoms with Gasteiger partial charge in [-0.05, 0) is 31.2 Å². The van der Waals surface area contributed by atoms with E-state index in [1.54, 1.807) is 43.1 Å². The molecule has 0 N–H and O–H groups in total. The Bertz CT molecular complexity index is 866. The molecule has 6 heteroatoms. The molecule has 4 nitrogen and oxygen atoms in total. The van der Waals surface area contributed by atoms with Gasteiger partial charge in [-0.15, -0.1) is 0 Å². The molecule has 2 aromatic heterocycles. The van der Waals surface area contributed by atoms with Crippen molar-refractivity contribution in [3.63, 3.8) is 0 Å². The highest BCUT2D eigenvalue weighted by molar-refractivity contribution is 7.15. The Kier molecular flexibility index (Phi) is 3.85. The number of rotatable bonds is 3. The lowest BCUT2D eigenvalue weighted by Gasteiger charge is -2.07. The summed E-state index contributed by atoms with van der Waals surface area (Å²) in [6.45, 7) is 1.84. The number of thiophene rings is 1. The topological polar surface area (TPSA) is 40.5 Å². The van der Waals surface area contributed by atoms with E-state index in [1.165, 1.54) is 11.3 Å². The molecule has 0 aliphatic rings. The smallest absolute Gasteiger partial charge is 0.272 e. The van der Waals surface area contributed by atoms with Gasteiger partial charge in [0.2, 0.25) is 0 Å². The van der Waals surface area contributed by atoms with E-state index in [4.69, 9.17) is 21.1 Å². The number of carbonyl (C=O) groups is 1. The average molecular weight is 335 g/mol. The van der Waals surface area contributed by atoms with Gasteiger partial charge in [0.25, 0.3) is 5.91 Å². The second kappa shape index (κ2) is 5.66. The summed E-state index contributed by atoms with van der Waals surface area (Å²) in [5, 5.41) is 1.94. The van der Waals surface area contributed by atoms with Crippen molar-refractivity contribution < 1.29 is 14.3 Å². The van der Waals surface area contributed by atoms with Crippen molar-refractivity contribution in [2.45, 2.75) is 6.92 Å². The van der Waals surface area contributed by atoms with Crippen molar-refractivity contribution >= 4 is 39.7 Å². The van der Waals surface area contributed by atoms with Crippen molar-refractivity contribution in [2.75, 3.05) is 14.2 Å². The third kappa shape index (κ3) is 2.36. The molecular weight excluding hydrogens is 322 g/mol. The summed E-state index contributed by atoms with van der Waals surface area (Å²) >= 11 is 7.49. The maximum Gasteiger partial charge on any atom is 0.272 e. The number of fused-ring (bicyclic) bond motifs is 1. The zero-order valence-electron chi connectivity index (χ0n) is 12.3. The number of hydrogen-bond donors (Lipinski definition) is 0. The number of methoxy groups -OCH3 is 2. The molecule has 1 aromatic carbocycles. The molecule has 3 aromatic rings. The fourth-order valence-corrected chi connectivity index (χ4v) is 3.32. The second-order valence-corrected chi connectivity index (χ2v) is 6.13. The first-order valence-corrected chi connectivity index (χ1v) is 7.71. The van der Waals surface area contributed by atoms with Crippen molar-refractivity contribution in [1.82, 2.24) is 4.57 Å². The molecule has 0 bridgehead atoms. The first kappa shape index (κ1) is 14.9. The Morgan fingerprint density at radius 1 is 1.27 bits per heavy atom. The van der Waals surface area contributed by atoms with Crippen LogP contribution in [0.5, 0.6) is 10.8 Å². The minimum Gasteiger partial charge on any atom is -0.495 e. The average Bonchev–Trinajstić information content (AvgIpc) is 3.09. The maximum absolute atomic E-state index is 12.8. The second-order valence-electron chi connectivity index (χ2n) is 4.68. The Labute approximate surface area is 136 Å². The Hall–Kier alpha value is -1.98. The molecule has 3 rings (SSSR count). The standard InChI is InChI=1S/C16H13ClNO3S/c1-9-6-10-7-13(20-2)11(17)8-12(10)18(9)16(19)14-4-5-15(21-3)22-14/h4-5,7-8H,1-3H3. The van der Waals surface area contributed by atoms with Gasteiger partial charge in [-0.1, -0.05) is 22.9 Å². The van der Waals surface area contributed by atoms with E-state index in [1.807, 2.05) is 6.92 Å². The van der Waals surface area contributed by atoms with Crippen molar-refractivity contribution in [3.8, 4) is 10.8 Å². The minimum absolute atomic E-state index is 0.127. The molecular formula is C16H13ClNO3S.